The molecule has 0 amide bonds. The summed E-state index contributed by atoms with van der Waals surface area (Å²) in [6, 6.07) is 0. The van der Waals surface area contributed by atoms with Crippen molar-refractivity contribution in [3.05, 3.63) is 0 Å². The van der Waals surface area contributed by atoms with E-state index in [-0.39, 0.29) is 0 Å². The van der Waals surface area contributed by atoms with E-state index in [1.165, 1.54) is 6.42 Å². The Labute approximate surface area is 57.4 Å². The first-order valence-electron chi connectivity index (χ1n) is 3.81. The Morgan fingerprint density at radius 2 is 1.78 bits per heavy atom. The molecule has 1 heterocycles. The highest BCUT2D eigenvalue weighted by atomic mass is 16.5. The van der Waals surface area contributed by atoms with E-state index >= 15 is 0 Å². The highest BCUT2D eigenvalue weighted by molar-refractivity contribution is 4.70. The molecule has 0 radical (unpaired) electrons. The first kappa shape index (κ1) is 7.07. The maximum Gasteiger partial charge on any atom is 0.0549 e. The standard InChI is InChI=1S/C8H16O/c1-6-4-8(3)9-5-7(6)2/h6-8H,4-5H2,1-3H3/t6-,7?,8?/m1/s1. The zero-order valence-corrected chi connectivity index (χ0v) is 6.55. The Balaban J connectivity index is 2.35. The average molecular weight is 128 g/mol. The van der Waals surface area contributed by atoms with Crippen molar-refractivity contribution >= 4 is 0 Å². The van der Waals surface area contributed by atoms with Crippen LogP contribution in [0.2, 0.25) is 0 Å². The molecule has 1 heteroatoms. The fraction of sp³-hybridized carbons (Fsp3) is 1.00. The smallest absolute Gasteiger partial charge is 0.0549 e. The molecule has 9 heavy (non-hydrogen) atoms. The minimum atomic E-state index is 0.496. The molecule has 0 aromatic carbocycles. The van der Waals surface area contributed by atoms with Gasteiger partial charge in [-0.05, 0) is 25.2 Å². The van der Waals surface area contributed by atoms with E-state index in [0.29, 0.717) is 6.10 Å². The van der Waals surface area contributed by atoms with Crippen LogP contribution in [0.3, 0.4) is 0 Å². The van der Waals surface area contributed by atoms with Crippen molar-refractivity contribution in [3.8, 4) is 0 Å². The van der Waals surface area contributed by atoms with Crippen LogP contribution in [0, 0.1) is 11.8 Å². The lowest BCUT2D eigenvalue weighted by Crippen LogP contribution is -2.28. The first-order chi connectivity index (χ1) is 4.20. The van der Waals surface area contributed by atoms with Crippen LogP contribution in [0.4, 0.5) is 0 Å². The molecular formula is C8H16O. The van der Waals surface area contributed by atoms with Crippen molar-refractivity contribution in [2.45, 2.75) is 33.3 Å². The molecule has 1 fully saturated rings. The van der Waals surface area contributed by atoms with Gasteiger partial charge in [-0.2, -0.15) is 0 Å². The van der Waals surface area contributed by atoms with Gasteiger partial charge in [-0.1, -0.05) is 13.8 Å². The topological polar surface area (TPSA) is 9.23 Å². The normalized spacial score (nSPS) is 45.0. The van der Waals surface area contributed by atoms with Crippen LogP contribution in [-0.4, -0.2) is 12.7 Å². The Morgan fingerprint density at radius 1 is 1.11 bits per heavy atom. The van der Waals surface area contributed by atoms with Crippen molar-refractivity contribution in [2.24, 2.45) is 11.8 Å². The molecule has 0 aliphatic carbocycles. The third-order valence-corrected chi connectivity index (χ3v) is 2.32. The zero-order valence-electron chi connectivity index (χ0n) is 6.55. The second-order valence-corrected chi connectivity index (χ2v) is 3.33. The Morgan fingerprint density at radius 3 is 2.22 bits per heavy atom. The number of hydrogen-bond acceptors (Lipinski definition) is 1. The molecule has 2 unspecified atom stereocenters. The molecule has 0 aromatic heterocycles. The van der Waals surface area contributed by atoms with Crippen LogP contribution in [-0.2, 0) is 4.74 Å². The van der Waals surface area contributed by atoms with Crippen LogP contribution in [0.25, 0.3) is 0 Å². The van der Waals surface area contributed by atoms with Crippen LogP contribution in [0.15, 0.2) is 0 Å². The van der Waals surface area contributed by atoms with Gasteiger partial charge in [0.1, 0.15) is 0 Å². The highest BCUT2D eigenvalue weighted by Crippen LogP contribution is 2.23. The molecule has 1 aliphatic rings. The molecule has 0 saturated carbocycles. The van der Waals surface area contributed by atoms with Gasteiger partial charge in [0.25, 0.3) is 0 Å². The van der Waals surface area contributed by atoms with Crippen molar-refractivity contribution in [3.63, 3.8) is 0 Å². The van der Waals surface area contributed by atoms with E-state index in [9.17, 15) is 0 Å². The number of rotatable bonds is 0. The molecule has 3 atom stereocenters. The minimum Gasteiger partial charge on any atom is -0.378 e. The summed E-state index contributed by atoms with van der Waals surface area (Å²) >= 11 is 0. The van der Waals surface area contributed by atoms with Gasteiger partial charge in [0, 0.05) is 6.61 Å². The predicted octanol–water partition coefficient (Wildman–Crippen LogP) is 2.07. The lowest BCUT2D eigenvalue weighted by molar-refractivity contribution is -0.0263. The maximum atomic E-state index is 5.46. The van der Waals surface area contributed by atoms with Crippen molar-refractivity contribution in [1.29, 1.82) is 0 Å². The minimum absolute atomic E-state index is 0.496. The van der Waals surface area contributed by atoms with E-state index in [0.717, 1.165) is 18.4 Å². The van der Waals surface area contributed by atoms with Crippen LogP contribution in [0.1, 0.15) is 27.2 Å². The largest absolute Gasteiger partial charge is 0.378 e. The molecule has 1 rings (SSSR count). The fourth-order valence-corrected chi connectivity index (χ4v) is 1.30. The molecule has 1 aliphatic heterocycles. The van der Waals surface area contributed by atoms with Gasteiger partial charge in [-0.3, -0.25) is 0 Å². The molecule has 54 valence electrons. The van der Waals surface area contributed by atoms with E-state index in [1.807, 2.05) is 0 Å². The second kappa shape index (κ2) is 2.70. The Kier molecular flexibility index (Phi) is 2.12. The molecule has 0 aromatic rings. The lowest BCUT2D eigenvalue weighted by Gasteiger charge is -2.30. The fourth-order valence-electron chi connectivity index (χ4n) is 1.30. The van der Waals surface area contributed by atoms with E-state index in [1.54, 1.807) is 0 Å². The summed E-state index contributed by atoms with van der Waals surface area (Å²) in [7, 11) is 0. The second-order valence-electron chi connectivity index (χ2n) is 3.33. The van der Waals surface area contributed by atoms with Crippen molar-refractivity contribution < 1.29 is 4.74 Å². The quantitative estimate of drug-likeness (QED) is 0.485. The van der Waals surface area contributed by atoms with E-state index in [2.05, 4.69) is 20.8 Å². The van der Waals surface area contributed by atoms with Crippen molar-refractivity contribution in [1.82, 2.24) is 0 Å². The molecule has 1 saturated heterocycles. The predicted molar refractivity (Wildman–Crippen MR) is 38.4 cm³/mol. The van der Waals surface area contributed by atoms with Gasteiger partial charge in [-0.15, -0.1) is 0 Å². The van der Waals surface area contributed by atoms with Crippen molar-refractivity contribution in [2.75, 3.05) is 6.61 Å². The molecule has 0 N–H and O–H groups in total. The maximum absolute atomic E-state index is 5.46. The van der Waals surface area contributed by atoms with Gasteiger partial charge in [0.05, 0.1) is 6.10 Å². The zero-order chi connectivity index (χ0) is 6.85. The summed E-state index contributed by atoms with van der Waals surface area (Å²) in [6.45, 7) is 7.69. The summed E-state index contributed by atoms with van der Waals surface area (Å²) in [5.74, 6) is 1.62. The summed E-state index contributed by atoms with van der Waals surface area (Å²) in [6.07, 6.45) is 1.73. The molecule has 1 nitrogen and oxygen atoms in total. The Hall–Kier alpha value is -0.0400. The van der Waals surface area contributed by atoms with Crippen LogP contribution in [0.5, 0.6) is 0 Å². The van der Waals surface area contributed by atoms with Gasteiger partial charge in [0.15, 0.2) is 0 Å². The van der Waals surface area contributed by atoms with Gasteiger partial charge >= 0.3 is 0 Å². The third kappa shape index (κ3) is 1.68. The summed E-state index contributed by atoms with van der Waals surface area (Å²) in [4.78, 5) is 0. The summed E-state index contributed by atoms with van der Waals surface area (Å²) in [5.41, 5.74) is 0. The number of ether oxygens (including phenoxy) is 1. The van der Waals surface area contributed by atoms with Gasteiger partial charge < -0.3 is 4.74 Å². The summed E-state index contributed by atoms with van der Waals surface area (Å²) in [5, 5.41) is 0. The van der Waals surface area contributed by atoms with Gasteiger partial charge in [-0.25, -0.2) is 0 Å². The average Bonchev–Trinajstić information content (AvgIpc) is 1.80. The van der Waals surface area contributed by atoms with Crippen LogP contribution >= 0.6 is 0 Å². The third-order valence-electron chi connectivity index (χ3n) is 2.32. The Bertz CT molecular complexity index is 90.6. The molecule has 0 spiro atoms. The highest BCUT2D eigenvalue weighted by Gasteiger charge is 2.21. The van der Waals surface area contributed by atoms with E-state index < -0.39 is 0 Å². The lowest BCUT2D eigenvalue weighted by atomic mass is 9.89. The van der Waals surface area contributed by atoms with Gasteiger partial charge in [0.2, 0.25) is 0 Å². The number of hydrogen-bond donors (Lipinski definition) is 0. The molecular weight excluding hydrogens is 112 g/mol. The molecule has 0 bridgehead atoms. The summed E-state index contributed by atoms with van der Waals surface area (Å²) < 4.78 is 5.46. The van der Waals surface area contributed by atoms with E-state index in [4.69, 9.17) is 4.74 Å². The monoisotopic (exact) mass is 128 g/mol. The first-order valence-corrected chi connectivity index (χ1v) is 3.81. The SMILES string of the molecule is CC1C[C@@H](C)C(C)CO1. The van der Waals surface area contributed by atoms with Crippen LogP contribution < -0.4 is 0 Å².